The van der Waals surface area contributed by atoms with Crippen molar-refractivity contribution < 1.29 is 13.9 Å². The molecule has 0 aliphatic carbocycles. The number of oxazole rings is 1. The molecule has 0 saturated carbocycles. The summed E-state index contributed by atoms with van der Waals surface area (Å²) in [5.41, 5.74) is 3.18. The zero-order chi connectivity index (χ0) is 19.5. The fourth-order valence-corrected chi connectivity index (χ4v) is 2.80. The molecule has 0 aliphatic heterocycles. The number of benzene rings is 2. The summed E-state index contributed by atoms with van der Waals surface area (Å²) in [5.74, 6) is 0.588. The van der Waals surface area contributed by atoms with Gasteiger partial charge in [0.2, 0.25) is 5.89 Å². The normalized spacial score (nSPS) is 10.8. The van der Waals surface area contributed by atoms with Gasteiger partial charge in [-0.05, 0) is 37.3 Å². The van der Waals surface area contributed by atoms with E-state index in [4.69, 9.17) is 20.8 Å². The molecule has 2 aromatic carbocycles. The SMILES string of the molecule is Cc1oc(-c2ccccc2)nc1COC(=O)c1cc(-c2ccc(Cl)cc2)n[nH]1. The smallest absolute Gasteiger partial charge is 0.356 e. The number of aromatic nitrogens is 3. The van der Waals surface area contributed by atoms with Crippen LogP contribution in [0.4, 0.5) is 0 Å². The molecule has 7 heteroatoms. The van der Waals surface area contributed by atoms with Crippen LogP contribution >= 0.6 is 11.6 Å². The number of halogens is 1. The number of hydrogen-bond donors (Lipinski definition) is 1. The van der Waals surface area contributed by atoms with E-state index >= 15 is 0 Å². The minimum absolute atomic E-state index is 0.0102. The third-order valence-electron chi connectivity index (χ3n) is 4.19. The van der Waals surface area contributed by atoms with Crippen LogP contribution in [0.15, 0.2) is 65.1 Å². The molecule has 140 valence electrons. The third kappa shape index (κ3) is 3.82. The molecule has 0 atom stereocenters. The van der Waals surface area contributed by atoms with Gasteiger partial charge in [-0.15, -0.1) is 0 Å². The van der Waals surface area contributed by atoms with E-state index in [1.807, 2.05) is 42.5 Å². The zero-order valence-electron chi connectivity index (χ0n) is 15.0. The van der Waals surface area contributed by atoms with Gasteiger partial charge in [-0.1, -0.05) is 41.9 Å². The lowest BCUT2D eigenvalue weighted by Crippen LogP contribution is -2.06. The number of carbonyl (C=O) groups is 1. The van der Waals surface area contributed by atoms with Crippen molar-refractivity contribution in [3.8, 4) is 22.7 Å². The average Bonchev–Trinajstić information content (AvgIpc) is 3.35. The zero-order valence-corrected chi connectivity index (χ0v) is 15.7. The fourth-order valence-electron chi connectivity index (χ4n) is 2.67. The van der Waals surface area contributed by atoms with E-state index in [0.29, 0.717) is 28.1 Å². The standard InChI is InChI=1S/C21H16ClN3O3/c1-13-19(23-20(28-13)15-5-3-2-4-6-15)12-27-21(26)18-11-17(24-25-18)14-7-9-16(22)10-8-14/h2-11H,12H2,1H3,(H,24,25). The van der Waals surface area contributed by atoms with Crippen molar-refractivity contribution in [2.24, 2.45) is 0 Å². The molecule has 0 aliphatic rings. The Balaban J connectivity index is 1.44. The summed E-state index contributed by atoms with van der Waals surface area (Å²) in [4.78, 5) is 16.8. The molecule has 28 heavy (non-hydrogen) atoms. The fraction of sp³-hybridized carbons (Fsp3) is 0.0952. The van der Waals surface area contributed by atoms with E-state index in [1.54, 1.807) is 25.1 Å². The third-order valence-corrected chi connectivity index (χ3v) is 4.44. The Morgan fingerprint density at radius 3 is 2.61 bits per heavy atom. The van der Waals surface area contributed by atoms with Gasteiger partial charge in [-0.2, -0.15) is 5.10 Å². The summed E-state index contributed by atoms with van der Waals surface area (Å²) in [6.07, 6.45) is 0. The molecule has 0 radical (unpaired) electrons. The molecule has 0 spiro atoms. The number of hydrogen-bond acceptors (Lipinski definition) is 5. The molecule has 2 heterocycles. The molecule has 6 nitrogen and oxygen atoms in total. The lowest BCUT2D eigenvalue weighted by molar-refractivity contribution is 0.0460. The van der Waals surface area contributed by atoms with Crippen molar-refractivity contribution in [1.82, 2.24) is 15.2 Å². The second-order valence-electron chi connectivity index (χ2n) is 6.14. The predicted octanol–water partition coefficient (Wildman–Crippen LogP) is 5.05. The van der Waals surface area contributed by atoms with Crippen molar-refractivity contribution >= 4 is 17.6 Å². The van der Waals surface area contributed by atoms with Crippen molar-refractivity contribution in [2.45, 2.75) is 13.5 Å². The van der Waals surface area contributed by atoms with E-state index in [2.05, 4.69) is 15.2 Å². The maximum Gasteiger partial charge on any atom is 0.356 e. The second-order valence-corrected chi connectivity index (χ2v) is 6.57. The average molecular weight is 394 g/mol. The monoisotopic (exact) mass is 393 g/mol. The summed E-state index contributed by atoms with van der Waals surface area (Å²) in [7, 11) is 0. The minimum atomic E-state index is -0.517. The Hall–Kier alpha value is -3.38. The van der Waals surface area contributed by atoms with Gasteiger partial charge in [-0.25, -0.2) is 9.78 Å². The topological polar surface area (TPSA) is 81.0 Å². The maximum absolute atomic E-state index is 12.3. The Morgan fingerprint density at radius 2 is 1.86 bits per heavy atom. The van der Waals surface area contributed by atoms with E-state index in [9.17, 15) is 4.79 Å². The number of H-pyrrole nitrogens is 1. The molecule has 1 N–H and O–H groups in total. The Kier molecular flexibility index (Phi) is 4.95. The van der Waals surface area contributed by atoms with Crippen molar-refractivity contribution in [2.75, 3.05) is 0 Å². The van der Waals surface area contributed by atoms with Crippen molar-refractivity contribution in [3.63, 3.8) is 0 Å². The minimum Gasteiger partial charge on any atom is -0.454 e. The van der Waals surface area contributed by atoms with Crippen LogP contribution in [0.1, 0.15) is 21.9 Å². The number of nitrogens with zero attached hydrogens (tertiary/aromatic N) is 2. The van der Waals surface area contributed by atoms with Crippen LogP contribution in [0.3, 0.4) is 0 Å². The molecular weight excluding hydrogens is 378 g/mol. The van der Waals surface area contributed by atoms with E-state index in [-0.39, 0.29) is 12.3 Å². The molecule has 4 aromatic rings. The van der Waals surface area contributed by atoms with E-state index in [0.717, 1.165) is 11.1 Å². The van der Waals surface area contributed by atoms with E-state index < -0.39 is 5.97 Å². The molecule has 0 bridgehead atoms. The van der Waals surface area contributed by atoms with Crippen LogP contribution in [0.5, 0.6) is 0 Å². The first-order valence-electron chi connectivity index (χ1n) is 8.60. The number of aromatic amines is 1. The van der Waals surface area contributed by atoms with Gasteiger partial charge >= 0.3 is 5.97 Å². The molecule has 0 amide bonds. The molecular formula is C21H16ClN3O3. The number of nitrogens with one attached hydrogen (secondary N) is 1. The predicted molar refractivity (Wildman–Crippen MR) is 105 cm³/mol. The van der Waals surface area contributed by atoms with Crippen molar-refractivity contribution in [3.05, 3.63) is 82.8 Å². The van der Waals surface area contributed by atoms with Gasteiger partial charge in [0.05, 0.1) is 5.69 Å². The number of esters is 1. The van der Waals surface area contributed by atoms with Crippen LogP contribution < -0.4 is 0 Å². The molecule has 0 saturated heterocycles. The van der Waals surface area contributed by atoms with Gasteiger partial charge in [0.1, 0.15) is 23.8 Å². The summed E-state index contributed by atoms with van der Waals surface area (Å²) in [6.45, 7) is 1.80. The largest absolute Gasteiger partial charge is 0.454 e. The first-order chi connectivity index (χ1) is 13.6. The molecule has 0 fully saturated rings. The summed E-state index contributed by atoms with van der Waals surface area (Å²) >= 11 is 5.89. The van der Waals surface area contributed by atoms with Crippen molar-refractivity contribution in [1.29, 1.82) is 0 Å². The van der Waals surface area contributed by atoms with Crippen LogP contribution in [0, 0.1) is 6.92 Å². The Labute approximate surface area is 166 Å². The highest BCUT2D eigenvalue weighted by atomic mass is 35.5. The van der Waals surface area contributed by atoms with Crippen LogP contribution in [0.25, 0.3) is 22.7 Å². The molecule has 2 aromatic heterocycles. The van der Waals surface area contributed by atoms with Crippen LogP contribution in [-0.2, 0) is 11.3 Å². The van der Waals surface area contributed by atoms with Crippen LogP contribution in [-0.4, -0.2) is 21.2 Å². The second kappa shape index (κ2) is 7.70. The summed E-state index contributed by atoms with van der Waals surface area (Å²) in [5, 5.41) is 7.49. The Bertz CT molecular complexity index is 1100. The highest BCUT2D eigenvalue weighted by Crippen LogP contribution is 2.23. The van der Waals surface area contributed by atoms with Gasteiger partial charge in [-0.3, -0.25) is 5.10 Å². The molecule has 4 rings (SSSR count). The first-order valence-corrected chi connectivity index (χ1v) is 8.98. The lowest BCUT2D eigenvalue weighted by atomic mass is 10.1. The van der Waals surface area contributed by atoms with E-state index in [1.165, 1.54) is 0 Å². The number of rotatable bonds is 5. The highest BCUT2D eigenvalue weighted by molar-refractivity contribution is 6.30. The highest BCUT2D eigenvalue weighted by Gasteiger charge is 2.16. The number of ether oxygens (including phenoxy) is 1. The summed E-state index contributed by atoms with van der Waals surface area (Å²) < 4.78 is 11.0. The molecule has 0 unspecified atom stereocenters. The quantitative estimate of drug-likeness (QED) is 0.480. The van der Waals surface area contributed by atoms with Gasteiger partial charge in [0, 0.05) is 16.1 Å². The van der Waals surface area contributed by atoms with Gasteiger partial charge in [0.15, 0.2) is 0 Å². The Morgan fingerprint density at radius 1 is 1.11 bits per heavy atom. The summed E-state index contributed by atoms with van der Waals surface area (Å²) in [6, 6.07) is 18.4. The maximum atomic E-state index is 12.3. The number of carbonyl (C=O) groups excluding carboxylic acids is 1. The number of aryl methyl sites for hydroxylation is 1. The lowest BCUT2D eigenvalue weighted by Gasteiger charge is -2.00. The van der Waals surface area contributed by atoms with Gasteiger partial charge in [0.25, 0.3) is 0 Å². The first kappa shape index (κ1) is 18.0. The van der Waals surface area contributed by atoms with Gasteiger partial charge < -0.3 is 9.15 Å². The van der Waals surface area contributed by atoms with Crippen LogP contribution in [0.2, 0.25) is 5.02 Å².